The summed E-state index contributed by atoms with van der Waals surface area (Å²) in [6, 6.07) is 10.4. The molecule has 0 radical (unpaired) electrons. The summed E-state index contributed by atoms with van der Waals surface area (Å²) in [5, 5.41) is 13.7. The van der Waals surface area contributed by atoms with Crippen molar-refractivity contribution >= 4 is 35.0 Å². The van der Waals surface area contributed by atoms with Crippen LogP contribution in [0.5, 0.6) is 0 Å². The highest BCUT2D eigenvalue weighted by atomic mass is 35.5. The first-order valence-corrected chi connectivity index (χ1v) is 14.0. The first kappa shape index (κ1) is 31.3. The number of rotatable bonds is 12. The molecule has 10 heteroatoms. The third-order valence-electron chi connectivity index (χ3n) is 7.68. The largest absolute Gasteiger partial charge is 0.394 e. The Morgan fingerprint density at radius 1 is 1.18 bits per heavy atom. The number of ether oxygens (including phenoxy) is 1. The highest BCUT2D eigenvalue weighted by Crippen LogP contribution is 2.34. The van der Waals surface area contributed by atoms with Crippen LogP contribution in [0, 0.1) is 5.82 Å². The third-order valence-corrected chi connectivity index (χ3v) is 8.42. The number of hydrogen-bond acceptors (Lipinski definition) is 5. The van der Waals surface area contributed by atoms with E-state index < -0.39 is 17.3 Å². The second-order valence-corrected chi connectivity index (χ2v) is 11.1. The lowest BCUT2D eigenvalue weighted by molar-refractivity contribution is -0.133. The van der Waals surface area contributed by atoms with Gasteiger partial charge in [0.2, 0.25) is 11.8 Å². The Labute approximate surface area is 240 Å². The van der Waals surface area contributed by atoms with E-state index in [0.29, 0.717) is 47.3 Å². The standard InChI is InChI=1S/C29H38Cl2FN3O4/c1-20(37)35(16-17-39-3)24-10-13-34(14-11-24)15-12-29(2,22-6-9-25(30)26(31)18-22)28(38)33-27(19-36)21-4-7-23(32)8-5-21/h4-9,18,24,27,36H,10-17,19H2,1-3H3,(H,33,38)/t27-,29?/m0/s1. The molecular formula is C29H38Cl2FN3O4. The summed E-state index contributed by atoms with van der Waals surface area (Å²) in [5.41, 5.74) is 0.333. The van der Waals surface area contributed by atoms with Gasteiger partial charge in [0, 0.05) is 39.7 Å². The molecule has 1 aliphatic rings. The van der Waals surface area contributed by atoms with Crippen LogP contribution in [-0.4, -0.2) is 79.3 Å². The van der Waals surface area contributed by atoms with Gasteiger partial charge in [0.15, 0.2) is 0 Å². The normalized spacial score (nSPS) is 16.9. The van der Waals surface area contributed by atoms with Gasteiger partial charge in [-0.3, -0.25) is 9.59 Å². The fourth-order valence-corrected chi connectivity index (χ4v) is 5.40. The molecule has 39 heavy (non-hydrogen) atoms. The lowest BCUT2D eigenvalue weighted by Gasteiger charge is -2.39. The minimum Gasteiger partial charge on any atom is -0.394 e. The molecule has 0 bridgehead atoms. The van der Waals surface area contributed by atoms with Crippen LogP contribution in [0.3, 0.4) is 0 Å². The van der Waals surface area contributed by atoms with E-state index in [2.05, 4.69) is 10.2 Å². The Bertz CT molecular complexity index is 1110. The molecule has 2 N–H and O–H groups in total. The molecule has 1 heterocycles. The van der Waals surface area contributed by atoms with Gasteiger partial charge >= 0.3 is 0 Å². The molecule has 2 amide bonds. The molecule has 0 aliphatic carbocycles. The van der Waals surface area contributed by atoms with E-state index in [1.807, 2.05) is 11.8 Å². The number of methoxy groups -OCH3 is 1. The number of aliphatic hydroxyl groups excluding tert-OH is 1. The molecule has 0 aromatic heterocycles. The van der Waals surface area contributed by atoms with Crippen molar-refractivity contribution in [3.05, 3.63) is 69.5 Å². The summed E-state index contributed by atoms with van der Waals surface area (Å²) < 4.78 is 18.6. The van der Waals surface area contributed by atoms with Crippen LogP contribution in [0.15, 0.2) is 42.5 Å². The van der Waals surface area contributed by atoms with E-state index in [0.717, 1.165) is 25.9 Å². The molecule has 0 spiro atoms. The van der Waals surface area contributed by atoms with Crippen LogP contribution in [0.1, 0.15) is 50.3 Å². The van der Waals surface area contributed by atoms with Crippen molar-refractivity contribution in [2.24, 2.45) is 0 Å². The first-order valence-electron chi connectivity index (χ1n) is 13.2. The fraction of sp³-hybridized carbons (Fsp3) is 0.517. The minimum absolute atomic E-state index is 0.0500. The number of halogens is 3. The Balaban J connectivity index is 1.74. The van der Waals surface area contributed by atoms with Gasteiger partial charge in [-0.1, -0.05) is 41.4 Å². The number of benzene rings is 2. The maximum absolute atomic E-state index is 13.8. The Morgan fingerprint density at radius 2 is 1.85 bits per heavy atom. The number of piperidine rings is 1. The summed E-state index contributed by atoms with van der Waals surface area (Å²) in [6.07, 6.45) is 2.18. The van der Waals surface area contributed by atoms with Crippen molar-refractivity contribution in [1.29, 1.82) is 0 Å². The zero-order chi connectivity index (χ0) is 28.6. The van der Waals surface area contributed by atoms with Crippen LogP contribution in [-0.2, 0) is 19.7 Å². The molecule has 0 saturated carbocycles. The molecular weight excluding hydrogens is 544 g/mol. The number of hydrogen-bond donors (Lipinski definition) is 2. The number of aliphatic hydroxyl groups is 1. The molecule has 1 fully saturated rings. The average Bonchev–Trinajstić information content (AvgIpc) is 2.93. The van der Waals surface area contributed by atoms with E-state index >= 15 is 0 Å². The number of carbonyl (C=O) groups is 2. The summed E-state index contributed by atoms with van der Waals surface area (Å²) >= 11 is 12.5. The molecule has 1 aliphatic heterocycles. The number of nitrogens with one attached hydrogen (secondary N) is 1. The maximum atomic E-state index is 13.8. The first-order chi connectivity index (χ1) is 18.6. The van der Waals surface area contributed by atoms with Crippen molar-refractivity contribution < 1.29 is 23.8 Å². The smallest absolute Gasteiger partial charge is 0.230 e. The Morgan fingerprint density at radius 3 is 2.41 bits per heavy atom. The molecule has 2 atom stereocenters. The van der Waals surface area contributed by atoms with Gasteiger partial charge in [-0.15, -0.1) is 0 Å². The Kier molecular flexibility index (Phi) is 11.6. The van der Waals surface area contributed by atoms with Gasteiger partial charge in [0.25, 0.3) is 0 Å². The van der Waals surface area contributed by atoms with Crippen LogP contribution >= 0.6 is 23.2 Å². The molecule has 1 saturated heterocycles. The molecule has 3 rings (SSSR count). The lowest BCUT2D eigenvalue weighted by atomic mass is 9.78. The van der Waals surface area contributed by atoms with Crippen LogP contribution < -0.4 is 5.32 Å². The zero-order valence-electron chi connectivity index (χ0n) is 22.8. The van der Waals surface area contributed by atoms with Crippen molar-refractivity contribution in [3.8, 4) is 0 Å². The number of amides is 2. The van der Waals surface area contributed by atoms with E-state index in [4.69, 9.17) is 27.9 Å². The minimum atomic E-state index is -0.984. The van der Waals surface area contributed by atoms with Crippen molar-refractivity contribution in [2.75, 3.05) is 46.5 Å². The summed E-state index contributed by atoms with van der Waals surface area (Å²) in [7, 11) is 1.63. The molecule has 2 aromatic rings. The van der Waals surface area contributed by atoms with E-state index in [-0.39, 0.29) is 24.5 Å². The van der Waals surface area contributed by atoms with Gasteiger partial charge in [-0.2, -0.15) is 0 Å². The van der Waals surface area contributed by atoms with E-state index in [9.17, 15) is 19.1 Å². The average molecular weight is 583 g/mol. The highest BCUT2D eigenvalue weighted by Gasteiger charge is 2.38. The van der Waals surface area contributed by atoms with Crippen LogP contribution in [0.4, 0.5) is 4.39 Å². The molecule has 1 unspecified atom stereocenters. The zero-order valence-corrected chi connectivity index (χ0v) is 24.3. The highest BCUT2D eigenvalue weighted by molar-refractivity contribution is 6.42. The number of nitrogens with zero attached hydrogens (tertiary/aromatic N) is 2. The summed E-state index contributed by atoms with van der Waals surface area (Å²) in [4.78, 5) is 30.2. The summed E-state index contributed by atoms with van der Waals surface area (Å²) in [5.74, 6) is -0.619. The molecule has 214 valence electrons. The van der Waals surface area contributed by atoms with Crippen molar-refractivity contribution in [3.63, 3.8) is 0 Å². The van der Waals surface area contributed by atoms with E-state index in [1.165, 1.54) is 12.1 Å². The second-order valence-electron chi connectivity index (χ2n) is 10.2. The van der Waals surface area contributed by atoms with E-state index in [1.54, 1.807) is 44.4 Å². The van der Waals surface area contributed by atoms with Gasteiger partial charge < -0.3 is 25.0 Å². The maximum Gasteiger partial charge on any atom is 0.230 e. The van der Waals surface area contributed by atoms with Gasteiger partial charge in [0.1, 0.15) is 5.82 Å². The van der Waals surface area contributed by atoms with Crippen LogP contribution in [0.25, 0.3) is 0 Å². The quantitative estimate of drug-likeness (QED) is 0.383. The predicted molar refractivity (Wildman–Crippen MR) is 152 cm³/mol. The van der Waals surface area contributed by atoms with Crippen molar-refractivity contribution in [1.82, 2.24) is 15.1 Å². The van der Waals surface area contributed by atoms with Gasteiger partial charge in [-0.05, 0) is 68.1 Å². The molecule has 7 nitrogen and oxygen atoms in total. The second kappa shape index (κ2) is 14.4. The topological polar surface area (TPSA) is 82.1 Å². The third kappa shape index (κ3) is 8.14. The fourth-order valence-electron chi connectivity index (χ4n) is 5.10. The van der Waals surface area contributed by atoms with Gasteiger partial charge in [0.05, 0.1) is 34.7 Å². The van der Waals surface area contributed by atoms with Gasteiger partial charge in [-0.25, -0.2) is 4.39 Å². The SMILES string of the molecule is COCCN(C(C)=O)C1CCN(CCC(C)(C(=O)N[C@@H](CO)c2ccc(F)cc2)c2ccc(Cl)c(Cl)c2)CC1. The number of carbonyl (C=O) groups excluding carboxylic acids is 2. The lowest BCUT2D eigenvalue weighted by Crippen LogP contribution is -2.50. The predicted octanol–water partition coefficient (Wildman–Crippen LogP) is 4.59. The van der Waals surface area contributed by atoms with Crippen LogP contribution in [0.2, 0.25) is 10.0 Å². The monoisotopic (exact) mass is 581 g/mol. The summed E-state index contributed by atoms with van der Waals surface area (Å²) in [6.45, 7) is 6.44. The van der Waals surface area contributed by atoms with Crippen molar-refractivity contribution in [2.45, 2.75) is 50.6 Å². The number of likely N-dealkylation sites (tertiary alicyclic amines) is 1. The Hall–Kier alpha value is -2.23. The molecule has 2 aromatic carbocycles.